The third-order valence-electron chi connectivity index (χ3n) is 6.57. The number of nitrogens with one attached hydrogen (secondary N) is 2. The van der Waals surface area contributed by atoms with Gasteiger partial charge in [0, 0.05) is 73.4 Å². The molecule has 1 aliphatic rings. The minimum atomic E-state index is 0.757. The molecule has 0 saturated carbocycles. The van der Waals surface area contributed by atoms with Gasteiger partial charge >= 0.3 is 0 Å². The summed E-state index contributed by atoms with van der Waals surface area (Å²) in [6, 6.07) is 21.5. The molecule has 2 aromatic carbocycles. The first-order valence-corrected chi connectivity index (χ1v) is 11.9. The van der Waals surface area contributed by atoms with E-state index in [9.17, 15) is 0 Å². The molecule has 0 spiro atoms. The summed E-state index contributed by atoms with van der Waals surface area (Å²) in [5.41, 5.74) is 8.01. The van der Waals surface area contributed by atoms with Crippen molar-refractivity contribution >= 4 is 11.0 Å². The van der Waals surface area contributed by atoms with Crippen LogP contribution in [0, 0.1) is 0 Å². The fourth-order valence-corrected chi connectivity index (χ4v) is 4.69. The second-order valence-corrected chi connectivity index (χ2v) is 8.96. The lowest BCUT2D eigenvalue weighted by molar-refractivity contribution is 0.233. The van der Waals surface area contributed by atoms with Crippen LogP contribution in [0.3, 0.4) is 0 Å². The molecule has 34 heavy (non-hydrogen) atoms. The van der Waals surface area contributed by atoms with E-state index in [0.29, 0.717) is 0 Å². The second kappa shape index (κ2) is 9.25. The van der Waals surface area contributed by atoms with E-state index in [-0.39, 0.29) is 0 Å². The highest BCUT2D eigenvalue weighted by atomic mass is 15.3. The molecular formula is C28H28N6. The van der Waals surface area contributed by atoms with Crippen LogP contribution in [0.4, 0.5) is 0 Å². The summed E-state index contributed by atoms with van der Waals surface area (Å²) in [6.07, 6.45) is 8.02. The summed E-state index contributed by atoms with van der Waals surface area (Å²) in [5.74, 6) is 0. The number of H-pyrrole nitrogens is 1. The van der Waals surface area contributed by atoms with Crippen molar-refractivity contribution in [2.45, 2.75) is 13.1 Å². The zero-order valence-corrected chi connectivity index (χ0v) is 19.1. The van der Waals surface area contributed by atoms with Crippen LogP contribution in [0.15, 0.2) is 85.5 Å². The molecule has 1 saturated heterocycles. The van der Waals surface area contributed by atoms with Gasteiger partial charge in [-0.25, -0.2) is 4.98 Å². The van der Waals surface area contributed by atoms with Gasteiger partial charge in [0.2, 0.25) is 0 Å². The van der Waals surface area contributed by atoms with E-state index >= 15 is 0 Å². The van der Waals surface area contributed by atoms with Gasteiger partial charge in [-0.15, -0.1) is 0 Å². The van der Waals surface area contributed by atoms with Crippen LogP contribution in [0.2, 0.25) is 0 Å². The number of hydrogen-bond donors (Lipinski definition) is 2. The monoisotopic (exact) mass is 448 g/mol. The molecule has 2 N–H and O–H groups in total. The fraction of sp³-hybridized carbons (Fsp3) is 0.214. The maximum absolute atomic E-state index is 4.70. The summed E-state index contributed by atoms with van der Waals surface area (Å²) in [5, 5.41) is 9.11. The van der Waals surface area contributed by atoms with Crippen molar-refractivity contribution in [2.75, 3.05) is 26.2 Å². The zero-order chi connectivity index (χ0) is 22.7. The number of benzene rings is 2. The first-order chi connectivity index (χ1) is 16.8. The Kier molecular flexibility index (Phi) is 5.67. The Morgan fingerprint density at radius 2 is 1.59 bits per heavy atom. The van der Waals surface area contributed by atoms with E-state index < -0.39 is 0 Å². The third kappa shape index (κ3) is 4.38. The fourth-order valence-electron chi connectivity index (χ4n) is 4.69. The first-order valence-electron chi connectivity index (χ1n) is 11.9. The molecule has 6 nitrogen and oxygen atoms in total. The minimum Gasteiger partial charge on any atom is -0.346 e. The molecule has 1 fully saturated rings. The van der Waals surface area contributed by atoms with Crippen LogP contribution in [0.5, 0.6) is 0 Å². The molecule has 1 aliphatic heterocycles. The standard InChI is InChI=1S/C28H28N6/c1-2-4-21(5-3-1)19-34-20-25(16-32-34)27-17-31-28-26(27)14-24(15-30-28)23-8-6-22(7-9-23)18-33-12-10-29-11-13-33/h1-9,14-17,20,29H,10-13,18-19H2,(H,30,31). The van der Waals surface area contributed by atoms with E-state index in [1.54, 1.807) is 0 Å². The number of rotatable bonds is 6. The minimum absolute atomic E-state index is 0.757. The Labute approximate surface area is 199 Å². The lowest BCUT2D eigenvalue weighted by Crippen LogP contribution is -2.42. The highest BCUT2D eigenvalue weighted by Crippen LogP contribution is 2.31. The molecule has 6 rings (SSSR count). The average molecular weight is 449 g/mol. The molecule has 0 amide bonds. The van der Waals surface area contributed by atoms with E-state index in [4.69, 9.17) is 4.98 Å². The molecule has 0 bridgehead atoms. The van der Waals surface area contributed by atoms with Gasteiger partial charge < -0.3 is 10.3 Å². The molecule has 5 aromatic rings. The van der Waals surface area contributed by atoms with E-state index in [1.807, 2.05) is 29.3 Å². The molecule has 6 heteroatoms. The summed E-state index contributed by atoms with van der Waals surface area (Å²) < 4.78 is 1.98. The zero-order valence-electron chi connectivity index (χ0n) is 19.1. The van der Waals surface area contributed by atoms with Gasteiger partial charge in [0.1, 0.15) is 5.65 Å². The number of hydrogen-bond acceptors (Lipinski definition) is 4. The Morgan fingerprint density at radius 1 is 0.794 bits per heavy atom. The van der Waals surface area contributed by atoms with Gasteiger partial charge in [-0.3, -0.25) is 9.58 Å². The topological polar surface area (TPSA) is 61.8 Å². The predicted molar refractivity (Wildman–Crippen MR) is 136 cm³/mol. The summed E-state index contributed by atoms with van der Waals surface area (Å²) in [7, 11) is 0. The molecule has 0 atom stereocenters. The third-order valence-corrected chi connectivity index (χ3v) is 6.57. The van der Waals surface area contributed by atoms with Gasteiger partial charge in [0.25, 0.3) is 0 Å². The van der Waals surface area contributed by atoms with Crippen molar-refractivity contribution in [1.29, 1.82) is 0 Å². The Hall–Kier alpha value is -3.74. The van der Waals surface area contributed by atoms with Crippen molar-refractivity contribution in [3.63, 3.8) is 0 Å². The number of nitrogens with zero attached hydrogens (tertiary/aromatic N) is 4. The first kappa shape index (κ1) is 20.8. The molecule has 170 valence electrons. The molecule has 0 radical (unpaired) electrons. The summed E-state index contributed by atoms with van der Waals surface area (Å²) >= 11 is 0. The van der Waals surface area contributed by atoms with Crippen LogP contribution in [0.25, 0.3) is 33.3 Å². The number of aromatic amines is 1. The largest absolute Gasteiger partial charge is 0.346 e. The van der Waals surface area contributed by atoms with Crippen molar-refractivity contribution < 1.29 is 0 Å². The molecule has 3 aromatic heterocycles. The van der Waals surface area contributed by atoms with E-state index in [2.05, 4.69) is 81.1 Å². The van der Waals surface area contributed by atoms with Crippen LogP contribution >= 0.6 is 0 Å². The van der Waals surface area contributed by atoms with E-state index in [1.165, 1.54) is 16.7 Å². The SMILES string of the molecule is c1ccc(Cn2cc(-c3c[nH]c4ncc(-c5ccc(CN6CCNCC6)cc5)cc34)cn2)cc1. The number of piperazine rings is 1. The highest BCUT2D eigenvalue weighted by Gasteiger charge is 2.12. The van der Waals surface area contributed by atoms with E-state index in [0.717, 1.165) is 67.0 Å². The Bertz CT molecular complexity index is 1380. The average Bonchev–Trinajstić information content (AvgIpc) is 3.52. The van der Waals surface area contributed by atoms with Gasteiger partial charge in [-0.1, -0.05) is 54.6 Å². The van der Waals surface area contributed by atoms with Gasteiger partial charge in [0.05, 0.1) is 12.7 Å². The van der Waals surface area contributed by atoms with Crippen molar-refractivity contribution in [3.05, 3.63) is 96.6 Å². The summed E-state index contributed by atoms with van der Waals surface area (Å²) in [4.78, 5) is 10.5. The van der Waals surface area contributed by atoms with Crippen molar-refractivity contribution in [3.8, 4) is 22.3 Å². The Balaban J connectivity index is 1.24. The lowest BCUT2D eigenvalue weighted by atomic mass is 10.0. The number of aromatic nitrogens is 4. The second-order valence-electron chi connectivity index (χ2n) is 8.96. The van der Waals surface area contributed by atoms with Crippen LogP contribution < -0.4 is 5.32 Å². The smallest absolute Gasteiger partial charge is 0.137 e. The maximum Gasteiger partial charge on any atom is 0.137 e. The molecule has 0 unspecified atom stereocenters. The summed E-state index contributed by atoms with van der Waals surface area (Å²) in [6.45, 7) is 6.14. The van der Waals surface area contributed by atoms with Gasteiger partial charge in [-0.05, 0) is 22.8 Å². The van der Waals surface area contributed by atoms with Crippen LogP contribution in [-0.4, -0.2) is 50.8 Å². The van der Waals surface area contributed by atoms with Crippen molar-refractivity contribution in [1.82, 2.24) is 30.0 Å². The normalized spacial score (nSPS) is 14.6. The molecular weight excluding hydrogens is 420 g/mol. The predicted octanol–water partition coefficient (Wildman–Crippen LogP) is 4.55. The quantitative estimate of drug-likeness (QED) is 0.400. The number of fused-ring (bicyclic) bond motifs is 1. The van der Waals surface area contributed by atoms with Crippen LogP contribution in [-0.2, 0) is 13.1 Å². The van der Waals surface area contributed by atoms with Crippen LogP contribution in [0.1, 0.15) is 11.1 Å². The van der Waals surface area contributed by atoms with Crippen molar-refractivity contribution in [2.24, 2.45) is 0 Å². The van der Waals surface area contributed by atoms with Gasteiger partial charge in [0.15, 0.2) is 0 Å². The molecule has 0 aliphatic carbocycles. The maximum atomic E-state index is 4.70. The number of pyridine rings is 1. The Morgan fingerprint density at radius 3 is 2.41 bits per heavy atom. The lowest BCUT2D eigenvalue weighted by Gasteiger charge is -2.27. The van der Waals surface area contributed by atoms with Gasteiger partial charge in [-0.2, -0.15) is 5.10 Å². The highest BCUT2D eigenvalue weighted by molar-refractivity contribution is 5.95. The molecule has 4 heterocycles.